The first kappa shape index (κ1) is 12.0. The zero-order valence-corrected chi connectivity index (χ0v) is 9.23. The number of carbonyl (C=O) groups is 2. The normalized spacial score (nSPS) is 9.69. The number of ether oxygens (including phenoxy) is 2. The Labute approximate surface area is 92.6 Å². The van der Waals surface area contributed by atoms with E-state index in [2.05, 4.69) is 0 Å². The summed E-state index contributed by atoms with van der Waals surface area (Å²) in [5.41, 5.74) is 0.161. The number of ketones is 1. The maximum absolute atomic E-state index is 11.3. The van der Waals surface area contributed by atoms with Crippen molar-refractivity contribution in [3.8, 4) is 11.5 Å². The minimum Gasteiger partial charge on any atom is -0.496 e. The molecule has 0 saturated carbocycles. The Hall–Kier alpha value is -2.04. The van der Waals surface area contributed by atoms with Gasteiger partial charge in [-0.3, -0.25) is 4.79 Å². The van der Waals surface area contributed by atoms with Crippen molar-refractivity contribution in [3.05, 3.63) is 23.3 Å². The maximum atomic E-state index is 11.3. The highest BCUT2D eigenvalue weighted by Crippen LogP contribution is 2.29. The summed E-state index contributed by atoms with van der Waals surface area (Å²) >= 11 is 0. The first-order valence-electron chi connectivity index (χ1n) is 4.51. The van der Waals surface area contributed by atoms with Crippen LogP contribution in [0.25, 0.3) is 0 Å². The monoisotopic (exact) mass is 224 g/mol. The molecule has 0 aliphatic rings. The maximum Gasteiger partial charge on any atom is 0.339 e. The van der Waals surface area contributed by atoms with Gasteiger partial charge in [0.1, 0.15) is 17.1 Å². The lowest BCUT2D eigenvalue weighted by Crippen LogP contribution is -2.05. The average molecular weight is 224 g/mol. The molecule has 5 nitrogen and oxygen atoms in total. The van der Waals surface area contributed by atoms with Crippen LogP contribution in [0.2, 0.25) is 0 Å². The number of carboxylic acids is 1. The van der Waals surface area contributed by atoms with Crippen LogP contribution in [0, 0.1) is 0 Å². The number of carboxylic acid groups (broad SMARTS) is 1. The third-order valence-electron chi connectivity index (χ3n) is 2.13. The Morgan fingerprint density at radius 3 is 1.94 bits per heavy atom. The molecular weight excluding hydrogens is 212 g/mol. The number of hydrogen-bond donors (Lipinski definition) is 1. The molecule has 1 N–H and O–H groups in total. The van der Waals surface area contributed by atoms with Crippen molar-refractivity contribution in [2.24, 2.45) is 0 Å². The van der Waals surface area contributed by atoms with Crippen LogP contribution in [-0.2, 0) is 0 Å². The van der Waals surface area contributed by atoms with E-state index in [0.29, 0.717) is 5.75 Å². The van der Waals surface area contributed by atoms with Crippen molar-refractivity contribution in [2.45, 2.75) is 6.92 Å². The minimum atomic E-state index is -1.15. The van der Waals surface area contributed by atoms with Crippen molar-refractivity contribution in [1.29, 1.82) is 0 Å². The molecule has 0 spiro atoms. The third-order valence-corrected chi connectivity index (χ3v) is 2.13. The molecule has 0 radical (unpaired) electrons. The number of hydrogen-bond acceptors (Lipinski definition) is 4. The largest absolute Gasteiger partial charge is 0.496 e. The summed E-state index contributed by atoms with van der Waals surface area (Å²) < 4.78 is 9.90. The van der Waals surface area contributed by atoms with Crippen molar-refractivity contribution >= 4 is 11.8 Å². The van der Waals surface area contributed by atoms with Gasteiger partial charge in [0.05, 0.1) is 19.8 Å². The number of Topliss-reactive ketones (excluding diaryl/α,β-unsaturated/α-hetero) is 1. The number of carbonyl (C=O) groups excluding carboxylic acids is 1. The van der Waals surface area contributed by atoms with E-state index >= 15 is 0 Å². The van der Waals surface area contributed by atoms with Crippen molar-refractivity contribution in [2.75, 3.05) is 14.2 Å². The van der Waals surface area contributed by atoms with Gasteiger partial charge in [0.2, 0.25) is 0 Å². The fraction of sp³-hybridized carbons (Fsp3) is 0.273. The Morgan fingerprint density at radius 1 is 1.06 bits per heavy atom. The van der Waals surface area contributed by atoms with Crippen molar-refractivity contribution in [3.63, 3.8) is 0 Å². The number of aromatic carboxylic acids is 1. The molecule has 86 valence electrons. The molecule has 0 heterocycles. The standard InChI is InChI=1S/C11H12O5/c1-6(12)7-4-8(11(13)14)10(16-3)5-9(7)15-2/h4-5H,1-3H3,(H,13,14). The molecule has 0 aliphatic heterocycles. The molecule has 0 atom stereocenters. The summed E-state index contributed by atoms with van der Waals surface area (Å²) in [6.07, 6.45) is 0. The van der Waals surface area contributed by atoms with Crippen molar-refractivity contribution in [1.82, 2.24) is 0 Å². The summed E-state index contributed by atoms with van der Waals surface area (Å²) in [5.74, 6) is -0.951. The SMILES string of the molecule is COc1cc(OC)c(C(=O)O)cc1C(C)=O. The van der Waals surface area contributed by atoms with E-state index in [4.69, 9.17) is 14.6 Å². The Kier molecular flexibility index (Phi) is 3.50. The fourth-order valence-electron chi connectivity index (χ4n) is 1.34. The molecule has 0 unspecified atom stereocenters. The van der Waals surface area contributed by atoms with Gasteiger partial charge < -0.3 is 14.6 Å². The van der Waals surface area contributed by atoms with E-state index in [9.17, 15) is 9.59 Å². The molecule has 16 heavy (non-hydrogen) atoms. The molecule has 1 rings (SSSR count). The van der Waals surface area contributed by atoms with E-state index < -0.39 is 5.97 Å². The van der Waals surface area contributed by atoms with E-state index in [0.717, 1.165) is 0 Å². The Morgan fingerprint density at radius 2 is 1.56 bits per heavy atom. The number of benzene rings is 1. The lowest BCUT2D eigenvalue weighted by atomic mass is 10.1. The summed E-state index contributed by atoms with van der Waals surface area (Å²) in [5, 5.41) is 8.93. The molecule has 1 aromatic rings. The molecular formula is C11H12O5. The molecule has 5 heteroatoms. The predicted octanol–water partition coefficient (Wildman–Crippen LogP) is 1.60. The van der Waals surface area contributed by atoms with Gasteiger partial charge in [0.15, 0.2) is 5.78 Å². The zero-order chi connectivity index (χ0) is 12.3. The van der Waals surface area contributed by atoms with Crippen molar-refractivity contribution < 1.29 is 24.2 Å². The average Bonchev–Trinajstić information content (AvgIpc) is 2.26. The van der Waals surface area contributed by atoms with Gasteiger partial charge in [-0.25, -0.2) is 4.79 Å². The van der Waals surface area contributed by atoms with E-state index in [1.807, 2.05) is 0 Å². The van der Waals surface area contributed by atoms with Gasteiger partial charge in [-0.05, 0) is 13.0 Å². The zero-order valence-electron chi connectivity index (χ0n) is 9.23. The number of rotatable bonds is 4. The second-order valence-corrected chi connectivity index (χ2v) is 3.11. The molecule has 0 saturated heterocycles. The molecule has 1 aromatic carbocycles. The smallest absolute Gasteiger partial charge is 0.339 e. The van der Waals surface area contributed by atoms with Crippen LogP contribution < -0.4 is 9.47 Å². The summed E-state index contributed by atoms with van der Waals surface area (Å²) in [6.45, 7) is 1.34. The van der Waals surface area contributed by atoms with Crippen LogP contribution in [0.15, 0.2) is 12.1 Å². The summed E-state index contributed by atoms with van der Waals surface area (Å²) in [6, 6.07) is 2.64. The Balaban J connectivity index is 3.46. The minimum absolute atomic E-state index is 0.0616. The lowest BCUT2D eigenvalue weighted by Gasteiger charge is -2.10. The summed E-state index contributed by atoms with van der Waals surface area (Å²) in [4.78, 5) is 22.2. The highest BCUT2D eigenvalue weighted by molar-refractivity contribution is 6.01. The number of methoxy groups -OCH3 is 2. The van der Waals surface area contributed by atoms with Gasteiger partial charge in [-0.2, -0.15) is 0 Å². The molecule has 0 bridgehead atoms. The molecule has 0 aliphatic carbocycles. The fourth-order valence-corrected chi connectivity index (χ4v) is 1.34. The topological polar surface area (TPSA) is 72.8 Å². The highest BCUT2D eigenvalue weighted by atomic mass is 16.5. The van der Waals surface area contributed by atoms with Crippen LogP contribution >= 0.6 is 0 Å². The van der Waals surface area contributed by atoms with E-state index in [-0.39, 0.29) is 22.7 Å². The second-order valence-electron chi connectivity index (χ2n) is 3.11. The van der Waals surface area contributed by atoms with Crippen LogP contribution in [0.5, 0.6) is 11.5 Å². The van der Waals surface area contributed by atoms with Gasteiger partial charge in [0, 0.05) is 6.07 Å². The van der Waals surface area contributed by atoms with Crippen LogP contribution in [0.1, 0.15) is 27.6 Å². The van der Waals surface area contributed by atoms with Crippen LogP contribution in [0.3, 0.4) is 0 Å². The quantitative estimate of drug-likeness (QED) is 0.786. The predicted molar refractivity (Wildman–Crippen MR) is 56.5 cm³/mol. The summed E-state index contributed by atoms with van der Waals surface area (Å²) in [7, 11) is 2.76. The van der Waals surface area contributed by atoms with Gasteiger partial charge in [0.25, 0.3) is 0 Å². The molecule has 0 fully saturated rings. The van der Waals surface area contributed by atoms with Gasteiger partial charge in [-0.1, -0.05) is 0 Å². The van der Waals surface area contributed by atoms with Gasteiger partial charge in [-0.15, -0.1) is 0 Å². The van der Waals surface area contributed by atoms with E-state index in [1.54, 1.807) is 0 Å². The molecule has 0 aromatic heterocycles. The first-order valence-corrected chi connectivity index (χ1v) is 4.51. The first-order chi connectivity index (χ1) is 7.51. The Bertz CT molecular complexity index is 399. The van der Waals surface area contributed by atoms with E-state index in [1.165, 1.54) is 33.3 Å². The third kappa shape index (κ3) is 2.13. The van der Waals surface area contributed by atoms with Gasteiger partial charge >= 0.3 is 5.97 Å². The van der Waals surface area contributed by atoms with Crippen LogP contribution in [-0.4, -0.2) is 31.1 Å². The molecule has 0 amide bonds. The highest BCUT2D eigenvalue weighted by Gasteiger charge is 2.18. The second kappa shape index (κ2) is 4.65. The van der Waals surface area contributed by atoms with Crippen LogP contribution in [0.4, 0.5) is 0 Å². The lowest BCUT2D eigenvalue weighted by molar-refractivity contribution is 0.0693.